The number of ether oxygens (including phenoxy) is 2. The van der Waals surface area contributed by atoms with Crippen molar-refractivity contribution in [3.8, 4) is 0 Å². The van der Waals surface area contributed by atoms with Gasteiger partial charge in [0.1, 0.15) is 11.2 Å². The van der Waals surface area contributed by atoms with Crippen LogP contribution in [0.4, 0.5) is 0 Å². The highest BCUT2D eigenvalue weighted by Crippen LogP contribution is 2.37. The second-order valence-corrected chi connectivity index (χ2v) is 3.78. The van der Waals surface area contributed by atoms with Crippen LogP contribution in [0.1, 0.15) is 12.8 Å². The van der Waals surface area contributed by atoms with Gasteiger partial charge in [-0.25, -0.2) is 0 Å². The number of carbonyl (C=O) groups is 1. The maximum absolute atomic E-state index is 11.8. The zero-order valence-corrected chi connectivity index (χ0v) is 8.45. The summed E-state index contributed by atoms with van der Waals surface area (Å²) in [4.78, 5) is 11.8. The van der Waals surface area contributed by atoms with E-state index in [1.807, 2.05) is 18.2 Å². The minimum Gasteiger partial charge on any atom is -0.370 e. The molecule has 0 aliphatic heterocycles. The topological polar surface area (TPSA) is 35.5 Å². The Bertz CT molecular complexity index is 318. The Morgan fingerprint density at radius 2 is 1.93 bits per heavy atom. The van der Waals surface area contributed by atoms with Gasteiger partial charge in [0.2, 0.25) is 0 Å². The van der Waals surface area contributed by atoms with Crippen LogP contribution in [-0.4, -0.2) is 31.2 Å². The zero-order chi connectivity index (χ0) is 10.2. The average molecular weight is 194 g/mol. The van der Waals surface area contributed by atoms with Gasteiger partial charge in [0, 0.05) is 14.2 Å². The van der Waals surface area contributed by atoms with Crippen LogP contribution >= 0.6 is 0 Å². The van der Waals surface area contributed by atoms with E-state index in [0.29, 0.717) is 6.42 Å². The number of methoxy groups -OCH3 is 2. The molecule has 76 valence electrons. The quantitative estimate of drug-likeness (QED) is 0.620. The third-order valence-corrected chi connectivity index (χ3v) is 3.20. The van der Waals surface area contributed by atoms with Crippen molar-refractivity contribution in [2.75, 3.05) is 14.2 Å². The van der Waals surface area contributed by atoms with Crippen LogP contribution in [0.5, 0.6) is 0 Å². The Labute approximate surface area is 83.4 Å². The van der Waals surface area contributed by atoms with E-state index in [4.69, 9.17) is 9.47 Å². The summed E-state index contributed by atoms with van der Waals surface area (Å²) in [6.07, 6.45) is 8.60. The largest absolute Gasteiger partial charge is 0.370 e. The molecule has 0 N–H and O–H groups in total. The van der Waals surface area contributed by atoms with E-state index in [2.05, 4.69) is 0 Å². The van der Waals surface area contributed by atoms with Gasteiger partial charge in [-0.1, -0.05) is 0 Å². The maximum atomic E-state index is 11.8. The molecule has 0 saturated heterocycles. The molecule has 2 unspecified atom stereocenters. The van der Waals surface area contributed by atoms with Crippen molar-refractivity contribution < 1.29 is 14.3 Å². The number of fused-ring (bicyclic) bond motifs is 2. The van der Waals surface area contributed by atoms with Crippen molar-refractivity contribution in [3.63, 3.8) is 0 Å². The lowest BCUT2D eigenvalue weighted by Crippen LogP contribution is -2.41. The van der Waals surface area contributed by atoms with Crippen LogP contribution in [0.3, 0.4) is 0 Å². The highest BCUT2D eigenvalue weighted by molar-refractivity contribution is 6.00. The number of carbonyl (C=O) groups excluding carboxylic acids is 1. The Balaban J connectivity index is 2.45. The molecule has 0 fully saturated rings. The smallest absolute Gasteiger partial charge is 0.191 e. The van der Waals surface area contributed by atoms with Gasteiger partial charge in [0.05, 0.1) is 0 Å². The molecule has 3 nitrogen and oxygen atoms in total. The molecule has 3 aliphatic rings. The molecule has 14 heavy (non-hydrogen) atoms. The first-order chi connectivity index (χ1) is 6.66. The zero-order valence-electron chi connectivity index (χ0n) is 8.45. The van der Waals surface area contributed by atoms with Gasteiger partial charge in [0.15, 0.2) is 5.78 Å². The fourth-order valence-corrected chi connectivity index (χ4v) is 2.03. The first-order valence-electron chi connectivity index (χ1n) is 4.71. The van der Waals surface area contributed by atoms with E-state index in [1.165, 1.54) is 0 Å². The first kappa shape index (κ1) is 9.62. The molecule has 0 spiro atoms. The number of ketones is 1. The summed E-state index contributed by atoms with van der Waals surface area (Å²) in [5.41, 5.74) is -1.14. The van der Waals surface area contributed by atoms with Crippen molar-refractivity contribution in [1.29, 1.82) is 0 Å². The van der Waals surface area contributed by atoms with Gasteiger partial charge in [-0.05, 0) is 37.1 Å². The molecule has 0 amide bonds. The molecule has 2 bridgehead atoms. The predicted octanol–water partition coefficient (Wildman–Crippen LogP) is 1.25. The van der Waals surface area contributed by atoms with Gasteiger partial charge in [-0.3, -0.25) is 4.79 Å². The standard InChI is InChI=1S/C11H14O3/c1-13-10-4-3-9(12)11(14-2,7-5-10)8-6-10/h3-5,7H,6,8H2,1-2H3. The lowest BCUT2D eigenvalue weighted by Gasteiger charge is -2.34. The lowest BCUT2D eigenvalue weighted by molar-refractivity contribution is -0.132. The lowest BCUT2D eigenvalue weighted by atomic mass is 9.83. The van der Waals surface area contributed by atoms with Crippen LogP contribution < -0.4 is 0 Å². The molecule has 0 saturated carbocycles. The summed E-state index contributed by atoms with van der Waals surface area (Å²) in [7, 11) is 3.23. The predicted molar refractivity (Wildman–Crippen MR) is 52.0 cm³/mol. The average Bonchev–Trinajstić information content (AvgIpc) is 2.47. The van der Waals surface area contributed by atoms with Crippen molar-refractivity contribution in [2.45, 2.75) is 24.0 Å². The third kappa shape index (κ3) is 1.16. The Kier molecular flexibility index (Phi) is 2.09. The van der Waals surface area contributed by atoms with Crippen LogP contribution in [0.25, 0.3) is 0 Å². The summed E-state index contributed by atoms with van der Waals surface area (Å²) >= 11 is 0. The summed E-state index contributed by atoms with van der Waals surface area (Å²) in [5.74, 6) is 0.00711. The summed E-state index contributed by atoms with van der Waals surface area (Å²) < 4.78 is 10.7. The molecule has 0 aromatic heterocycles. The second-order valence-electron chi connectivity index (χ2n) is 3.78. The van der Waals surface area contributed by atoms with Crippen LogP contribution in [0.15, 0.2) is 24.3 Å². The molecular formula is C11H14O3. The van der Waals surface area contributed by atoms with Crippen molar-refractivity contribution in [2.24, 2.45) is 0 Å². The normalized spacial score (nSPS) is 40.3. The summed E-state index contributed by atoms with van der Waals surface area (Å²) in [6, 6.07) is 0. The van der Waals surface area contributed by atoms with Gasteiger partial charge in [-0.15, -0.1) is 0 Å². The number of hydrogen-bond acceptors (Lipinski definition) is 3. The molecular weight excluding hydrogens is 180 g/mol. The van der Waals surface area contributed by atoms with E-state index in [1.54, 1.807) is 20.3 Å². The molecule has 3 rings (SSSR count). The molecule has 3 heteroatoms. The van der Waals surface area contributed by atoms with Gasteiger partial charge in [-0.2, -0.15) is 0 Å². The monoisotopic (exact) mass is 194 g/mol. The van der Waals surface area contributed by atoms with Gasteiger partial charge < -0.3 is 9.47 Å². The molecule has 0 heterocycles. The Morgan fingerprint density at radius 1 is 1.14 bits per heavy atom. The molecule has 0 aromatic carbocycles. The first-order valence-corrected chi connectivity index (χ1v) is 4.71. The Hall–Kier alpha value is -0.930. The third-order valence-electron chi connectivity index (χ3n) is 3.20. The minimum atomic E-state index is -0.741. The van der Waals surface area contributed by atoms with Crippen LogP contribution in [0.2, 0.25) is 0 Å². The minimum absolute atomic E-state index is 0.00711. The van der Waals surface area contributed by atoms with Crippen LogP contribution in [0, 0.1) is 0 Å². The fourth-order valence-electron chi connectivity index (χ4n) is 2.03. The highest BCUT2D eigenvalue weighted by atomic mass is 16.5. The maximum Gasteiger partial charge on any atom is 0.191 e. The molecule has 0 radical (unpaired) electrons. The van der Waals surface area contributed by atoms with Crippen molar-refractivity contribution >= 4 is 5.78 Å². The van der Waals surface area contributed by atoms with E-state index >= 15 is 0 Å². The highest BCUT2D eigenvalue weighted by Gasteiger charge is 2.44. The van der Waals surface area contributed by atoms with Crippen molar-refractivity contribution in [1.82, 2.24) is 0 Å². The van der Waals surface area contributed by atoms with Crippen LogP contribution in [-0.2, 0) is 14.3 Å². The van der Waals surface area contributed by atoms with E-state index in [9.17, 15) is 4.79 Å². The Morgan fingerprint density at radius 3 is 2.43 bits per heavy atom. The van der Waals surface area contributed by atoms with E-state index in [0.717, 1.165) is 6.42 Å². The number of rotatable bonds is 2. The van der Waals surface area contributed by atoms with Gasteiger partial charge >= 0.3 is 0 Å². The number of hydrogen-bond donors (Lipinski definition) is 0. The van der Waals surface area contributed by atoms with E-state index in [-0.39, 0.29) is 5.78 Å². The second kappa shape index (κ2) is 3.04. The molecule has 3 aliphatic carbocycles. The summed E-state index contributed by atoms with van der Waals surface area (Å²) in [6.45, 7) is 0. The fraction of sp³-hybridized carbons (Fsp3) is 0.545. The van der Waals surface area contributed by atoms with Crippen molar-refractivity contribution in [3.05, 3.63) is 24.3 Å². The van der Waals surface area contributed by atoms with Gasteiger partial charge in [0.25, 0.3) is 0 Å². The molecule has 2 atom stereocenters. The van der Waals surface area contributed by atoms with E-state index < -0.39 is 11.2 Å². The SMILES string of the molecule is COC12C=CC(=O)C(OC)(C=C1)CC2. The molecule has 0 aromatic rings. The summed E-state index contributed by atoms with van der Waals surface area (Å²) in [5, 5.41) is 0.